The lowest BCUT2D eigenvalue weighted by Gasteiger charge is -2.42. The Morgan fingerprint density at radius 2 is 1.89 bits per heavy atom. The number of nitrogens with zero attached hydrogens (tertiary/aromatic N) is 1. The molecule has 2 saturated heterocycles. The third kappa shape index (κ3) is 2.96. The molecule has 19 heavy (non-hydrogen) atoms. The van der Waals surface area contributed by atoms with Crippen molar-refractivity contribution >= 4 is 5.91 Å². The fourth-order valence-corrected chi connectivity index (χ4v) is 4.30. The first kappa shape index (κ1) is 13.4. The van der Waals surface area contributed by atoms with E-state index in [-0.39, 0.29) is 6.04 Å². The molecule has 1 aliphatic carbocycles. The van der Waals surface area contributed by atoms with Crippen LogP contribution in [0.1, 0.15) is 58.3 Å². The van der Waals surface area contributed by atoms with Gasteiger partial charge in [0, 0.05) is 19.1 Å². The van der Waals surface area contributed by atoms with E-state index in [1.54, 1.807) is 0 Å². The van der Waals surface area contributed by atoms with Gasteiger partial charge in [0.25, 0.3) is 0 Å². The molecule has 1 amide bonds. The van der Waals surface area contributed by atoms with E-state index < -0.39 is 0 Å². The summed E-state index contributed by atoms with van der Waals surface area (Å²) in [5.74, 6) is 1.91. The third-order valence-corrected chi connectivity index (χ3v) is 5.42. The maximum absolute atomic E-state index is 12.6. The van der Waals surface area contributed by atoms with E-state index in [0.717, 1.165) is 25.4 Å². The van der Waals surface area contributed by atoms with Crippen molar-refractivity contribution in [1.29, 1.82) is 0 Å². The summed E-state index contributed by atoms with van der Waals surface area (Å²) in [4.78, 5) is 14.8. The van der Waals surface area contributed by atoms with Crippen LogP contribution in [0.15, 0.2) is 0 Å². The number of carbonyl (C=O) groups excluding carboxylic acids is 1. The molecule has 3 nitrogen and oxygen atoms in total. The number of amides is 1. The number of carbonyl (C=O) groups is 1. The molecule has 0 aromatic heterocycles. The molecule has 3 fully saturated rings. The topological polar surface area (TPSA) is 32.3 Å². The van der Waals surface area contributed by atoms with Crippen LogP contribution in [0.25, 0.3) is 0 Å². The zero-order chi connectivity index (χ0) is 13.2. The molecule has 3 rings (SSSR count). The second-order valence-electron chi connectivity index (χ2n) is 6.98. The quantitative estimate of drug-likeness (QED) is 0.789. The smallest absolute Gasteiger partial charge is 0.239 e. The maximum atomic E-state index is 12.6. The van der Waals surface area contributed by atoms with Crippen LogP contribution in [0.5, 0.6) is 0 Å². The normalized spacial score (nSPS) is 39.7. The predicted molar refractivity (Wildman–Crippen MR) is 76.9 cm³/mol. The fraction of sp³-hybridized carbons (Fsp3) is 0.938. The molecule has 108 valence electrons. The molecule has 0 spiro atoms. The molecule has 0 radical (unpaired) electrons. The summed E-state index contributed by atoms with van der Waals surface area (Å²) in [6, 6.07) is 0.739. The van der Waals surface area contributed by atoms with Crippen LogP contribution in [-0.2, 0) is 4.79 Å². The number of rotatable bonds is 1. The molecule has 4 unspecified atom stereocenters. The molecule has 4 atom stereocenters. The van der Waals surface area contributed by atoms with Crippen molar-refractivity contribution in [1.82, 2.24) is 10.2 Å². The van der Waals surface area contributed by atoms with E-state index in [9.17, 15) is 4.79 Å². The molecule has 0 aromatic carbocycles. The van der Waals surface area contributed by atoms with Gasteiger partial charge in [-0.25, -0.2) is 0 Å². The first-order valence-electron chi connectivity index (χ1n) is 8.29. The summed E-state index contributed by atoms with van der Waals surface area (Å²) in [6.07, 6.45) is 10.2. The van der Waals surface area contributed by atoms with E-state index >= 15 is 0 Å². The van der Waals surface area contributed by atoms with Gasteiger partial charge in [-0.2, -0.15) is 0 Å². The Morgan fingerprint density at radius 1 is 1.05 bits per heavy atom. The van der Waals surface area contributed by atoms with E-state index in [0.29, 0.717) is 17.9 Å². The molecule has 1 saturated carbocycles. The summed E-state index contributed by atoms with van der Waals surface area (Å²) in [7, 11) is 0. The van der Waals surface area contributed by atoms with Crippen molar-refractivity contribution in [3.05, 3.63) is 0 Å². The van der Waals surface area contributed by atoms with Crippen LogP contribution in [-0.4, -0.2) is 36.0 Å². The Hall–Kier alpha value is -0.570. The number of likely N-dealkylation sites (tertiary alicyclic amines) is 1. The van der Waals surface area contributed by atoms with E-state index in [1.165, 1.54) is 44.9 Å². The van der Waals surface area contributed by atoms with Gasteiger partial charge in [0.15, 0.2) is 0 Å². The van der Waals surface area contributed by atoms with E-state index in [1.807, 2.05) is 0 Å². The Morgan fingerprint density at radius 3 is 2.74 bits per heavy atom. The summed E-state index contributed by atoms with van der Waals surface area (Å²) in [5.41, 5.74) is 0. The minimum absolute atomic E-state index is 0.115. The molecule has 2 heterocycles. The molecule has 0 bridgehead atoms. The molecule has 0 aromatic rings. The van der Waals surface area contributed by atoms with Crippen LogP contribution in [0, 0.1) is 11.8 Å². The van der Waals surface area contributed by atoms with E-state index in [4.69, 9.17) is 0 Å². The van der Waals surface area contributed by atoms with Crippen molar-refractivity contribution in [2.45, 2.75) is 70.4 Å². The van der Waals surface area contributed by atoms with Gasteiger partial charge < -0.3 is 10.2 Å². The Balaban J connectivity index is 1.58. The first-order valence-corrected chi connectivity index (χ1v) is 8.29. The van der Waals surface area contributed by atoms with Crippen molar-refractivity contribution in [3.63, 3.8) is 0 Å². The highest BCUT2D eigenvalue weighted by Gasteiger charge is 2.36. The first-order chi connectivity index (χ1) is 9.24. The summed E-state index contributed by atoms with van der Waals surface area (Å²) < 4.78 is 0. The number of hydrogen-bond donors (Lipinski definition) is 1. The summed E-state index contributed by atoms with van der Waals surface area (Å²) >= 11 is 0. The number of nitrogens with one attached hydrogen (secondary N) is 1. The second kappa shape index (κ2) is 5.82. The lowest BCUT2D eigenvalue weighted by Crippen LogP contribution is -2.56. The van der Waals surface area contributed by atoms with Crippen LogP contribution in [0.4, 0.5) is 0 Å². The van der Waals surface area contributed by atoms with Crippen molar-refractivity contribution in [2.75, 3.05) is 13.1 Å². The minimum atomic E-state index is 0.115. The maximum Gasteiger partial charge on any atom is 0.239 e. The standard InChI is InChI=1S/C16H28N2O/c1-12-5-4-10-18(11-12)16(19)15-9-8-13-6-2-3-7-14(13)17-15/h12-15,17H,2-11H2,1H3. The van der Waals surface area contributed by atoms with Crippen LogP contribution in [0.2, 0.25) is 0 Å². The van der Waals surface area contributed by atoms with Crippen LogP contribution in [0.3, 0.4) is 0 Å². The van der Waals surface area contributed by atoms with Gasteiger partial charge in [-0.3, -0.25) is 4.79 Å². The SMILES string of the molecule is CC1CCCN(C(=O)C2CCC3CCCCC3N2)C1. The van der Waals surface area contributed by atoms with E-state index in [2.05, 4.69) is 17.1 Å². The highest BCUT2D eigenvalue weighted by atomic mass is 16.2. The molecule has 2 aliphatic heterocycles. The molecular formula is C16H28N2O. The van der Waals surface area contributed by atoms with Gasteiger partial charge in [0.05, 0.1) is 6.04 Å². The Labute approximate surface area is 117 Å². The van der Waals surface area contributed by atoms with Gasteiger partial charge in [-0.05, 0) is 50.4 Å². The molecular weight excluding hydrogens is 236 g/mol. The number of hydrogen-bond acceptors (Lipinski definition) is 2. The zero-order valence-electron chi connectivity index (χ0n) is 12.2. The lowest BCUT2D eigenvalue weighted by atomic mass is 9.77. The third-order valence-electron chi connectivity index (χ3n) is 5.42. The number of fused-ring (bicyclic) bond motifs is 1. The highest BCUT2D eigenvalue weighted by molar-refractivity contribution is 5.82. The average molecular weight is 264 g/mol. The summed E-state index contributed by atoms with van der Waals surface area (Å²) in [6.45, 7) is 4.23. The number of piperidine rings is 2. The minimum Gasteiger partial charge on any atom is -0.341 e. The highest BCUT2D eigenvalue weighted by Crippen LogP contribution is 2.32. The van der Waals surface area contributed by atoms with Gasteiger partial charge in [-0.15, -0.1) is 0 Å². The van der Waals surface area contributed by atoms with Gasteiger partial charge in [-0.1, -0.05) is 19.8 Å². The van der Waals surface area contributed by atoms with Crippen molar-refractivity contribution < 1.29 is 4.79 Å². The van der Waals surface area contributed by atoms with Gasteiger partial charge >= 0.3 is 0 Å². The predicted octanol–water partition coefficient (Wildman–Crippen LogP) is 2.56. The monoisotopic (exact) mass is 264 g/mol. The Kier molecular flexibility index (Phi) is 4.11. The largest absolute Gasteiger partial charge is 0.341 e. The average Bonchev–Trinajstić information content (AvgIpc) is 2.46. The van der Waals surface area contributed by atoms with Crippen molar-refractivity contribution in [3.8, 4) is 0 Å². The fourth-order valence-electron chi connectivity index (χ4n) is 4.30. The second-order valence-corrected chi connectivity index (χ2v) is 6.98. The van der Waals surface area contributed by atoms with Crippen molar-refractivity contribution in [2.24, 2.45) is 11.8 Å². The van der Waals surface area contributed by atoms with Gasteiger partial charge in [0.2, 0.25) is 5.91 Å². The summed E-state index contributed by atoms with van der Waals surface area (Å²) in [5, 5.41) is 3.68. The zero-order valence-corrected chi connectivity index (χ0v) is 12.2. The molecule has 3 aliphatic rings. The Bertz CT molecular complexity index is 331. The van der Waals surface area contributed by atoms with Crippen LogP contribution >= 0.6 is 0 Å². The molecule has 3 heteroatoms. The molecule has 1 N–H and O–H groups in total. The van der Waals surface area contributed by atoms with Gasteiger partial charge in [0.1, 0.15) is 0 Å². The van der Waals surface area contributed by atoms with Crippen LogP contribution < -0.4 is 5.32 Å². The lowest BCUT2D eigenvalue weighted by molar-refractivity contribution is -0.136.